The smallest absolute Gasteiger partial charge is 0.244 e. The van der Waals surface area contributed by atoms with Gasteiger partial charge < -0.3 is 24.2 Å². The summed E-state index contributed by atoms with van der Waals surface area (Å²) >= 11 is 5.97. The summed E-state index contributed by atoms with van der Waals surface area (Å²) in [6.07, 6.45) is 0.380. The lowest BCUT2D eigenvalue weighted by Crippen LogP contribution is -2.35. The highest BCUT2D eigenvalue weighted by atomic mass is 35.5. The van der Waals surface area contributed by atoms with Crippen molar-refractivity contribution < 1.29 is 23.6 Å². The number of carbonyl (C=O) groups is 2. The number of rotatable bonds is 9. The van der Waals surface area contributed by atoms with Crippen LogP contribution in [0.2, 0.25) is 5.02 Å². The van der Waals surface area contributed by atoms with Crippen molar-refractivity contribution in [2.45, 2.75) is 12.8 Å². The summed E-state index contributed by atoms with van der Waals surface area (Å²) in [6.45, 7) is -0.130. The van der Waals surface area contributed by atoms with Crippen LogP contribution < -0.4 is 14.8 Å². The Labute approximate surface area is 190 Å². The number of ether oxygens (including phenoxy) is 2. The van der Waals surface area contributed by atoms with E-state index in [9.17, 15) is 9.59 Å². The van der Waals surface area contributed by atoms with Crippen molar-refractivity contribution in [3.8, 4) is 22.9 Å². The molecule has 2 aromatic carbocycles. The molecule has 32 heavy (non-hydrogen) atoms. The van der Waals surface area contributed by atoms with Crippen LogP contribution in [0.3, 0.4) is 0 Å². The monoisotopic (exact) mass is 458 g/mol. The fourth-order valence-corrected chi connectivity index (χ4v) is 3.06. The average molecular weight is 459 g/mol. The molecule has 0 aliphatic heterocycles. The number of likely N-dealkylation sites (N-methyl/N-ethyl adjacent to an activating group) is 1. The highest BCUT2D eigenvalue weighted by Gasteiger charge is 2.17. The topological polar surface area (TPSA) is 107 Å². The van der Waals surface area contributed by atoms with Gasteiger partial charge >= 0.3 is 0 Å². The zero-order valence-electron chi connectivity index (χ0n) is 17.9. The Kier molecular flexibility index (Phi) is 7.67. The highest BCUT2D eigenvalue weighted by Crippen LogP contribution is 2.27. The second-order valence-electron chi connectivity index (χ2n) is 6.88. The highest BCUT2D eigenvalue weighted by molar-refractivity contribution is 6.31. The van der Waals surface area contributed by atoms with E-state index in [-0.39, 0.29) is 31.2 Å². The van der Waals surface area contributed by atoms with Gasteiger partial charge in [0.15, 0.2) is 0 Å². The number of hydrogen-bond acceptors (Lipinski definition) is 7. The minimum atomic E-state index is -0.374. The number of carbonyl (C=O) groups excluding carboxylic acids is 2. The second-order valence-corrected chi connectivity index (χ2v) is 7.32. The van der Waals surface area contributed by atoms with Crippen LogP contribution in [0.1, 0.15) is 12.3 Å². The molecule has 0 fully saturated rings. The number of benzene rings is 2. The van der Waals surface area contributed by atoms with E-state index in [4.69, 9.17) is 25.6 Å². The predicted molar refractivity (Wildman–Crippen MR) is 119 cm³/mol. The standard InChI is InChI=1S/C22H23ClN4O5/c1-27(13-19(28)24-17-12-15(23)6-9-18(17)31-3)21(29)11-10-20-25-22(26-32-20)14-4-7-16(30-2)8-5-14/h4-9,12H,10-11,13H2,1-3H3,(H,24,28). The zero-order valence-corrected chi connectivity index (χ0v) is 18.7. The van der Waals surface area contributed by atoms with Crippen molar-refractivity contribution >= 4 is 29.1 Å². The van der Waals surface area contributed by atoms with E-state index in [0.717, 1.165) is 11.3 Å². The molecule has 0 saturated carbocycles. The largest absolute Gasteiger partial charge is 0.497 e. The molecule has 0 radical (unpaired) electrons. The minimum absolute atomic E-state index is 0.120. The molecule has 1 heterocycles. The summed E-state index contributed by atoms with van der Waals surface area (Å²) in [5.74, 6) is 1.36. The van der Waals surface area contributed by atoms with Crippen LogP contribution in [-0.4, -0.2) is 54.7 Å². The number of amides is 2. The molecule has 3 aromatic rings. The second kappa shape index (κ2) is 10.6. The maximum Gasteiger partial charge on any atom is 0.244 e. The third kappa shape index (κ3) is 5.98. The number of methoxy groups -OCH3 is 2. The summed E-state index contributed by atoms with van der Waals surface area (Å²) in [4.78, 5) is 30.4. The Morgan fingerprint density at radius 2 is 1.88 bits per heavy atom. The lowest BCUT2D eigenvalue weighted by molar-refractivity contribution is -0.133. The summed E-state index contributed by atoms with van der Waals surface area (Å²) in [6, 6.07) is 12.1. The maximum atomic E-state index is 12.4. The lowest BCUT2D eigenvalue weighted by atomic mass is 10.2. The van der Waals surface area contributed by atoms with Gasteiger partial charge in [0.05, 0.1) is 26.5 Å². The predicted octanol–water partition coefficient (Wildman–Crippen LogP) is 3.44. The van der Waals surface area contributed by atoms with Crippen molar-refractivity contribution in [1.82, 2.24) is 15.0 Å². The molecule has 0 aliphatic rings. The maximum absolute atomic E-state index is 12.4. The molecule has 1 aromatic heterocycles. The van der Waals surface area contributed by atoms with Crippen LogP contribution in [0, 0.1) is 0 Å². The summed E-state index contributed by atoms with van der Waals surface area (Å²) in [5, 5.41) is 7.10. The fraction of sp³-hybridized carbons (Fsp3) is 0.273. The van der Waals surface area contributed by atoms with E-state index >= 15 is 0 Å². The molecule has 0 unspecified atom stereocenters. The molecule has 0 spiro atoms. The van der Waals surface area contributed by atoms with E-state index < -0.39 is 0 Å². The third-order valence-corrected chi connectivity index (χ3v) is 4.85. The van der Waals surface area contributed by atoms with Gasteiger partial charge in [-0.25, -0.2) is 0 Å². The van der Waals surface area contributed by atoms with Crippen LogP contribution in [0.5, 0.6) is 11.5 Å². The normalized spacial score (nSPS) is 10.5. The van der Waals surface area contributed by atoms with Gasteiger partial charge in [-0.2, -0.15) is 4.98 Å². The van der Waals surface area contributed by atoms with E-state index in [1.807, 2.05) is 12.1 Å². The Balaban J connectivity index is 1.51. The van der Waals surface area contributed by atoms with Crippen LogP contribution in [0.15, 0.2) is 47.0 Å². The van der Waals surface area contributed by atoms with Crippen LogP contribution in [0.4, 0.5) is 5.69 Å². The molecule has 0 aliphatic carbocycles. The zero-order chi connectivity index (χ0) is 23.1. The number of hydrogen-bond donors (Lipinski definition) is 1. The van der Waals surface area contributed by atoms with Crippen molar-refractivity contribution in [2.24, 2.45) is 0 Å². The quantitative estimate of drug-likeness (QED) is 0.523. The summed E-state index contributed by atoms with van der Waals surface area (Å²) in [7, 11) is 4.63. The van der Waals surface area contributed by atoms with Gasteiger partial charge in [0.2, 0.25) is 23.5 Å². The summed E-state index contributed by atoms with van der Waals surface area (Å²) < 4.78 is 15.6. The SMILES string of the molecule is COc1ccc(-c2noc(CCC(=O)N(C)CC(=O)Nc3cc(Cl)ccc3OC)n2)cc1. The van der Waals surface area contributed by atoms with Gasteiger partial charge in [-0.15, -0.1) is 0 Å². The molecular formula is C22H23ClN4O5. The first-order valence-electron chi connectivity index (χ1n) is 9.74. The molecule has 0 bridgehead atoms. The molecule has 2 amide bonds. The first-order valence-corrected chi connectivity index (χ1v) is 10.1. The van der Waals surface area contributed by atoms with Crippen molar-refractivity contribution in [2.75, 3.05) is 33.1 Å². The number of halogens is 1. The molecule has 168 valence electrons. The van der Waals surface area contributed by atoms with Gasteiger partial charge in [-0.3, -0.25) is 9.59 Å². The van der Waals surface area contributed by atoms with Crippen LogP contribution in [0.25, 0.3) is 11.4 Å². The molecule has 9 nitrogen and oxygen atoms in total. The third-order valence-electron chi connectivity index (χ3n) is 4.61. The molecule has 3 rings (SSSR count). The molecule has 10 heteroatoms. The van der Waals surface area contributed by atoms with Gasteiger partial charge in [-0.1, -0.05) is 16.8 Å². The number of aromatic nitrogens is 2. The Bertz CT molecular complexity index is 1080. The Morgan fingerprint density at radius 3 is 2.56 bits per heavy atom. The first kappa shape index (κ1) is 23.1. The molecule has 0 atom stereocenters. The Morgan fingerprint density at radius 1 is 1.12 bits per heavy atom. The molecule has 0 saturated heterocycles. The van der Waals surface area contributed by atoms with E-state index in [1.165, 1.54) is 12.0 Å². The molecule has 1 N–H and O–H groups in total. The number of aryl methyl sites for hydroxylation is 1. The van der Waals surface area contributed by atoms with Crippen LogP contribution >= 0.6 is 11.6 Å². The van der Waals surface area contributed by atoms with Crippen molar-refractivity contribution in [3.05, 3.63) is 53.4 Å². The minimum Gasteiger partial charge on any atom is -0.497 e. The molecular weight excluding hydrogens is 436 g/mol. The number of nitrogens with one attached hydrogen (secondary N) is 1. The Hall–Kier alpha value is -3.59. The van der Waals surface area contributed by atoms with Gasteiger partial charge in [0.25, 0.3) is 0 Å². The van der Waals surface area contributed by atoms with E-state index in [0.29, 0.717) is 28.2 Å². The van der Waals surface area contributed by atoms with Gasteiger partial charge in [0, 0.05) is 30.5 Å². The lowest BCUT2D eigenvalue weighted by Gasteiger charge is -2.17. The van der Waals surface area contributed by atoms with Crippen LogP contribution in [-0.2, 0) is 16.0 Å². The fourth-order valence-electron chi connectivity index (χ4n) is 2.89. The van der Waals surface area contributed by atoms with Gasteiger partial charge in [-0.05, 0) is 42.5 Å². The van der Waals surface area contributed by atoms with Gasteiger partial charge in [0.1, 0.15) is 11.5 Å². The number of nitrogens with zero attached hydrogens (tertiary/aromatic N) is 3. The van der Waals surface area contributed by atoms with E-state index in [2.05, 4.69) is 15.5 Å². The first-order chi connectivity index (χ1) is 15.4. The summed E-state index contributed by atoms with van der Waals surface area (Å²) in [5.41, 5.74) is 1.21. The number of anilines is 1. The van der Waals surface area contributed by atoms with E-state index in [1.54, 1.807) is 44.5 Å². The van der Waals surface area contributed by atoms with Crippen molar-refractivity contribution in [1.29, 1.82) is 0 Å². The van der Waals surface area contributed by atoms with Crippen molar-refractivity contribution in [3.63, 3.8) is 0 Å². The average Bonchev–Trinajstić information content (AvgIpc) is 3.26.